The highest BCUT2D eigenvalue weighted by Gasteiger charge is 2.14. The van der Waals surface area contributed by atoms with Gasteiger partial charge in [-0.1, -0.05) is 33.6 Å². The first-order valence-electron chi connectivity index (χ1n) is 6.85. The normalized spacial score (nSPS) is 13.2. The molecule has 1 aromatic rings. The first-order valence-corrected chi connectivity index (χ1v) is 6.85. The zero-order valence-corrected chi connectivity index (χ0v) is 11.7. The molecule has 98 valence electrons. The van der Waals surface area contributed by atoms with Gasteiger partial charge >= 0.3 is 0 Å². The van der Waals surface area contributed by atoms with Crippen molar-refractivity contribution in [1.82, 2.24) is 14.9 Å². The van der Waals surface area contributed by atoms with Crippen molar-refractivity contribution < 1.29 is 0 Å². The molecule has 0 saturated carbocycles. The van der Waals surface area contributed by atoms with Crippen LogP contribution in [0.25, 0.3) is 0 Å². The summed E-state index contributed by atoms with van der Waals surface area (Å²) in [4.78, 5) is 4.47. The first-order chi connectivity index (χ1) is 8.15. The summed E-state index contributed by atoms with van der Waals surface area (Å²) in [7, 11) is 2.07. The third-order valence-electron chi connectivity index (χ3n) is 3.09. The molecule has 1 unspecified atom stereocenters. The van der Waals surface area contributed by atoms with Crippen LogP contribution in [0.1, 0.15) is 58.3 Å². The van der Waals surface area contributed by atoms with Gasteiger partial charge in [-0.3, -0.25) is 0 Å². The monoisotopic (exact) mass is 237 g/mol. The topological polar surface area (TPSA) is 29.9 Å². The van der Waals surface area contributed by atoms with E-state index in [4.69, 9.17) is 0 Å². The van der Waals surface area contributed by atoms with Gasteiger partial charge in [-0.25, -0.2) is 4.98 Å². The third-order valence-corrected chi connectivity index (χ3v) is 3.09. The molecule has 0 aliphatic rings. The first kappa shape index (κ1) is 14.2. The number of hydrogen-bond acceptors (Lipinski definition) is 2. The number of aryl methyl sites for hydroxylation is 1. The summed E-state index contributed by atoms with van der Waals surface area (Å²) in [6.07, 6.45) is 8.84. The third kappa shape index (κ3) is 4.90. The van der Waals surface area contributed by atoms with Gasteiger partial charge < -0.3 is 9.88 Å². The van der Waals surface area contributed by atoms with Crippen molar-refractivity contribution in [3.63, 3.8) is 0 Å². The Morgan fingerprint density at radius 3 is 2.65 bits per heavy atom. The Balaban J connectivity index is 2.52. The van der Waals surface area contributed by atoms with Gasteiger partial charge in [0.15, 0.2) is 0 Å². The summed E-state index contributed by atoms with van der Waals surface area (Å²) in [5.74, 6) is 1.96. The molecule has 1 N–H and O–H groups in total. The zero-order chi connectivity index (χ0) is 12.7. The second kappa shape index (κ2) is 7.49. The molecule has 3 nitrogen and oxygen atoms in total. The van der Waals surface area contributed by atoms with Crippen molar-refractivity contribution >= 4 is 0 Å². The minimum absolute atomic E-state index is 0.411. The number of hydrogen-bond donors (Lipinski definition) is 1. The molecule has 0 aliphatic carbocycles. The maximum atomic E-state index is 4.47. The fourth-order valence-electron chi connectivity index (χ4n) is 2.08. The Hall–Kier alpha value is -0.830. The molecule has 0 saturated heterocycles. The lowest BCUT2D eigenvalue weighted by Crippen LogP contribution is -2.24. The van der Waals surface area contributed by atoms with Crippen LogP contribution in [0.2, 0.25) is 0 Å². The average Bonchev–Trinajstić information content (AvgIpc) is 2.69. The lowest BCUT2D eigenvalue weighted by atomic mass is 10.0. The van der Waals surface area contributed by atoms with Gasteiger partial charge in [0.25, 0.3) is 0 Å². The molecular formula is C14H27N3. The summed E-state index contributed by atoms with van der Waals surface area (Å²) in [5.41, 5.74) is 0. The summed E-state index contributed by atoms with van der Waals surface area (Å²) < 4.78 is 2.13. The van der Waals surface area contributed by atoms with Crippen LogP contribution in [-0.2, 0) is 7.05 Å². The van der Waals surface area contributed by atoms with E-state index in [9.17, 15) is 0 Å². The van der Waals surface area contributed by atoms with E-state index in [0.717, 1.165) is 12.5 Å². The number of nitrogens with one attached hydrogen (secondary N) is 1. The molecule has 1 rings (SSSR count). The standard InChI is InChI=1S/C14H27N3/c1-5-9-15-13(8-6-7-12(2)3)14-16-10-11-17(14)4/h10-13,15H,5-9H2,1-4H3. The quantitative estimate of drug-likeness (QED) is 0.752. The average molecular weight is 237 g/mol. The number of imidazole rings is 1. The lowest BCUT2D eigenvalue weighted by molar-refractivity contribution is 0.426. The van der Waals surface area contributed by atoms with Crippen molar-refractivity contribution in [2.24, 2.45) is 13.0 Å². The number of rotatable bonds is 8. The number of aromatic nitrogens is 2. The SMILES string of the molecule is CCCNC(CCCC(C)C)c1nccn1C. The molecule has 3 heteroatoms. The van der Waals surface area contributed by atoms with Crippen molar-refractivity contribution in [3.8, 4) is 0 Å². The Morgan fingerprint density at radius 1 is 1.35 bits per heavy atom. The summed E-state index contributed by atoms with van der Waals surface area (Å²) in [6, 6.07) is 0.411. The van der Waals surface area contributed by atoms with E-state index in [2.05, 4.69) is 42.7 Å². The van der Waals surface area contributed by atoms with Crippen molar-refractivity contribution in [2.45, 2.75) is 52.5 Å². The van der Waals surface area contributed by atoms with E-state index in [1.165, 1.54) is 31.5 Å². The smallest absolute Gasteiger partial charge is 0.125 e. The molecule has 0 aliphatic heterocycles. The predicted molar refractivity (Wildman–Crippen MR) is 72.9 cm³/mol. The van der Waals surface area contributed by atoms with Crippen LogP contribution in [0.15, 0.2) is 12.4 Å². The van der Waals surface area contributed by atoms with Crippen LogP contribution in [0.3, 0.4) is 0 Å². The van der Waals surface area contributed by atoms with Crippen LogP contribution >= 0.6 is 0 Å². The molecule has 0 spiro atoms. The Morgan fingerprint density at radius 2 is 2.12 bits per heavy atom. The molecular weight excluding hydrogens is 210 g/mol. The van der Waals surface area contributed by atoms with Gasteiger partial charge in [0.05, 0.1) is 6.04 Å². The Kier molecular flexibility index (Phi) is 6.27. The maximum absolute atomic E-state index is 4.47. The molecule has 0 aromatic carbocycles. The summed E-state index contributed by atoms with van der Waals surface area (Å²) in [5, 5.41) is 3.60. The summed E-state index contributed by atoms with van der Waals surface area (Å²) in [6.45, 7) is 7.85. The molecule has 0 amide bonds. The van der Waals surface area contributed by atoms with E-state index >= 15 is 0 Å². The molecule has 0 radical (unpaired) electrons. The highest BCUT2D eigenvalue weighted by Crippen LogP contribution is 2.19. The van der Waals surface area contributed by atoms with Gasteiger partial charge in [-0.15, -0.1) is 0 Å². The molecule has 1 atom stereocenters. The lowest BCUT2D eigenvalue weighted by Gasteiger charge is -2.18. The highest BCUT2D eigenvalue weighted by atomic mass is 15.1. The second-order valence-corrected chi connectivity index (χ2v) is 5.23. The molecule has 17 heavy (non-hydrogen) atoms. The minimum Gasteiger partial charge on any atom is -0.337 e. The van der Waals surface area contributed by atoms with Gasteiger partial charge in [0, 0.05) is 19.4 Å². The fourth-order valence-corrected chi connectivity index (χ4v) is 2.08. The van der Waals surface area contributed by atoms with Crippen molar-refractivity contribution in [3.05, 3.63) is 18.2 Å². The molecule has 1 heterocycles. The van der Waals surface area contributed by atoms with E-state index in [1.807, 2.05) is 12.4 Å². The van der Waals surface area contributed by atoms with Gasteiger partial charge in [-0.2, -0.15) is 0 Å². The van der Waals surface area contributed by atoms with Crippen LogP contribution in [-0.4, -0.2) is 16.1 Å². The van der Waals surface area contributed by atoms with Crippen LogP contribution in [0.4, 0.5) is 0 Å². The maximum Gasteiger partial charge on any atom is 0.125 e. The van der Waals surface area contributed by atoms with E-state index in [-0.39, 0.29) is 0 Å². The minimum atomic E-state index is 0.411. The van der Waals surface area contributed by atoms with Crippen molar-refractivity contribution in [2.75, 3.05) is 6.54 Å². The number of nitrogens with zero attached hydrogens (tertiary/aromatic N) is 2. The predicted octanol–water partition coefficient (Wildman–Crippen LogP) is 3.29. The molecule has 0 bridgehead atoms. The molecule has 0 fully saturated rings. The fraction of sp³-hybridized carbons (Fsp3) is 0.786. The van der Waals surface area contributed by atoms with E-state index < -0.39 is 0 Å². The van der Waals surface area contributed by atoms with Gasteiger partial charge in [0.2, 0.25) is 0 Å². The summed E-state index contributed by atoms with van der Waals surface area (Å²) >= 11 is 0. The van der Waals surface area contributed by atoms with E-state index in [1.54, 1.807) is 0 Å². The van der Waals surface area contributed by atoms with Crippen LogP contribution in [0, 0.1) is 5.92 Å². The van der Waals surface area contributed by atoms with Crippen molar-refractivity contribution in [1.29, 1.82) is 0 Å². The molecule has 1 aromatic heterocycles. The second-order valence-electron chi connectivity index (χ2n) is 5.23. The Labute approximate surface area is 106 Å². The van der Waals surface area contributed by atoms with Gasteiger partial charge in [0.1, 0.15) is 5.82 Å². The van der Waals surface area contributed by atoms with Crippen LogP contribution in [0.5, 0.6) is 0 Å². The van der Waals surface area contributed by atoms with Gasteiger partial charge in [-0.05, 0) is 25.3 Å². The largest absolute Gasteiger partial charge is 0.337 e. The van der Waals surface area contributed by atoms with Crippen LogP contribution < -0.4 is 5.32 Å². The highest BCUT2D eigenvalue weighted by molar-refractivity contribution is 4.98. The van der Waals surface area contributed by atoms with E-state index in [0.29, 0.717) is 6.04 Å². The zero-order valence-electron chi connectivity index (χ0n) is 11.7. The Bertz CT molecular complexity index is 304.